The van der Waals surface area contributed by atoms with Gasteiger partial charge < -0.3 is 19.7 Å². The lowest BCUT2D eigenvalue weighted by Gasteiger charge is -2.50. The summed E-state index contributed by atoms with van der Waals surface area (Å²) in [5, 5.41) is 3.93. The van der Waals surface area contributed by atoms with Crippen molar-refractivity contribution in [3.05, 3.63) is 34.3 Å². The standard InChI is InChI=1S/C21H31ClN2O3/c1-15-5-6-17(13-18(15)22)14-19(25)23-16(2)20(24(3)4)7-9-21(10-8-20)26-11-12-27-21/h5-6,13,16H,7-12,14H2,1-4H3,(H,23,25). The summed E-state index contributed by atoms with van der Waals surface area (Å²) in [5.41, 5.74) is 1.86. The monoisotopic (exact) mass is 394 g/mol. The van der Waals surface area contributed by atoms with Gasteiger partial charge in [0.2, 0.25) is 5.91 Å². The lowest BCUT2D eigenvalue weighted by atomic mass is 9.73. The van der Waals surface area contributed by atoms with E-state index >= 15 is 0 Å². The van der Waals surface area contributed by atoms with Crippen molar-refractivity contribution >= 4 is 17.5 Å². The fraction of sp³-hybridized carbons (Fsp3) is 0.667. The quantitative estimate of drug-likeness (QED) is 0.832. The number of nitrogens with one attached hydrogen (secondary N) is 1. The highest BCUT2D eigenvalue weighted by Crippen LogP contribution is 2.43. The van der Waals surface area contributed by atoms with Crippen LogP contribution in [0.1, 0.15) is 43.7 Å². The third-order valence-electron chi connectivity index (χ3n) is 6.37. The van der Waals surface area contributed by atoms with Gasteiger partial charge in [0.15, 0.2) is 5.79 Å². The number of nitrogens with zero attached hydrogens (tertiary/aromatic N) is 1. The van der Waals surface area contributed by atoms with Crippen LogP contribution in [0.3, 0.4) is 0 Å². The third kappa shape index (κ3) is 4.32. The van der Waals surface area contributed by atoms with E-state index in [1.807, 2.05) is 25.1 Å². The Labute approximate surface area is 167 Å². The van der Waals surface area contributed by atoms with Gasteiger partial charge in [-0.2, -0.15) is 0 Å². The molecular formula is C21H31ClN2O3. The van der Waals surface area contributed by atoms with Crippen molar-refractivity contribution < 1.29 is 14.3 Å². The first-order valence-electron chi connectivity index (χ1n) is 9.76. The van der Waals surface area contributed by atoms with Crippen molar-refractivity contribution in [3.63, 3.8) is 0 Å². The summed E-state index contributed by atoms with van der Waals surface area (Å²) < 4.78 is 11.7. The zero-order valence-electron chi connectivity index (χ0n) is 16.8. The molecule has 3 rings (SSSR count). The molecule has 1 N–H and O–H groups in total. The molecule has 1 aromatic rings. The van der Waals surface area contributed by atoms with Crippen LogP contribution in [0.5, 0.6) is 0 Å². The van der Waals surface area contributed by atoms with Crippen LogP contribution >= 0.6 is 11.6 Å². The van der Waals surface area contributed by atoms with E-state index in [2.05, 4.69) is 31.2 Å². The van der Waals surface area contributed by atoms with Gasteiger partial charge in [0.1, 0.15) is 0 Å². The van der Waals surface area contributed by atoms with Crippen LogP contribution < -0.4 is 5.32 Å². The van der Waals surface area contributed by atoms with Crippen LogP contribution in [-0.2, 0) is 20.7 Å². The van der Waals surface area contributed by atoms with Crippen molar-refractivity contribution in [1.82, 2.24) is 10.2 Å². The Balaban J connectivity index is 1.64. The Morgan fingerprint density at radius 2 is 1.85 bits per heavy atom. The van der Waals surface area contributed by atoms with E-state index in [9.17, 15) is 4.79 Å². The minimum absolute atomic E-state index is 0.0253. The van der Waals surface area contributed by atoms with E-state index in [1.165, 1.54) is 0 Å². The zero-order valence-corrected chi connectivity index (χ0v) is 17.6. The fourth-order valence-corrected chi connectivity index (χ4v) is 4.68. The number of hydrogen-bond donors (Lipinski definition) is 1. The highest BCUT2D eigenvalue weighted by atomic mass is 35.5. The Morgan fingerprint density at radius 3 is 2.41 bits per heavy atom. The van der Waals surface area contributed by atoms with Crippen molar-refractivity contribution in [2.24, 2.45) is 0 Å². The molecule has 1 saturated heterocycles. The molecule has 27 heavy (non-hydrogen) atoms. The van der Waals surface area contributed by atoms with E-state index in [4.69, 9.17) is 21.1 Å². The first-order chi connectivity index (χ1) is 12.8. The normalized spacial score (nSPS) is 22.1. The number of carbonyl (C=O) groups is 1. The fourth-order valence-electron chi connectivity index (χ4n) is 4.48. The van der Waals surface area contributed by atoms with Crippen LogP contribution in [0, 0.1) is 6.92 Å². The molecule has 150 valence electrons. The van der Waals surface area contributed by atoms with Crippen LogP contribution in [-0.4, -0.2) is 55.5 Å². The molecule has 1 aromatic carbocycles. The second-order valence-corrected chi connectivity index (χ2v) is 8.56. The summed E-state index contributed by atoms with van der Waals surface area (Å²) in [6.07, 6.45) is 3.91. The molecule has 1 aliphatic heterocycles. The average Bonchev–Trinajstić information content (AvgIpc) is 3.07. The zero-order chi connectivity index (χ0) is 19.7. The van der Waals surface area contributed by atoms with Gasteiger partial charge in [-0.1, -0.05) is 23.7 Å². The molecule has 1 aliphatic carbocycles. The molecular weight excluding hydrogens is 364 g/mol. The molecule has 5 nitrogen and oxygen atoms in total. The summed E-state index contributed by atoms with van der Waals surface area (Å²) in [6.45, 7) is 5.43. The Kier molecular flexibility index (Phi) is 6.16. The first-order valence-corrected chi connectivity index (χ1v) is 10.1. The van der Waals surface area contributed by atoms with Gasteiger partial charge in [0, 0.05) is 29.4 Å². The van der Waals surface area contributed by atoms with Crippen molar-refractivity contribution in [2.45, 2.75) is 63.3 Å². The van der Waals surface area contributed by atoms with E-state index in [-0.39, 0.29) is 17.5 Å². The van der Waals surface area contributed by atoms with Crippen LogP contribution in [0.2, 0.25) is 5.02 Å². The molecule has 6 heteroatoms. The SMILES string of the molecule is Cc1ccc(CC(=O)NC(C)C2(N(C)C)CCC3(CC2)OCCO3)cc1Cl. The number of amides is 1. The number of carbonyl (C=O) groups excluding carboxylic acids is 1. The highest BCUT2D eigenvalue weighted by Gasteiger charge is 2.49. The van der Waals surface area contributed by atoms with Gasteiger partial charge in [0.05, 0.1) is 19.6 Å². The predicted octanol–water partition coefficient (Wildman–Crippen LogP) is 3.31. The van der Waals surface area contributed by atoms with Crippen LogP contribution in [0.15, 0.2) is 18.2 Å². The molecule has 1 spiro atoms. The molecule has 1 unspecified atom stereocenters. The smallest absolute Gasteiger partial charge is 0.224 e. The van der Waals surface area contributed by atoms with Gasteiger partial charge in [-0.15, -0.1) is 0 Å². The number of benzene rings is 1. The molecule has 0 aromatic heterocycles. The summed E-state index contributed by atoms with van der Waals surface area (Å²) in [6, 6.07) is 5.83. The number of likely N-dealkylation sites (N-methyl/N-ethyl adjacent to an activating group) is 1. The van der Waals surface area contributed by atoms with Crippen LogP contribution in [0.4, 0.5) is 0 Å². The average molecular weight is 395 g/mol. The second kappa shape index (κ2) is 8.08. The number of ether oxygens (including phenoxy) is 2. The molecule has 0 bridgehead atoms. The van der Waals surface area contributed by atoms with E-state index in [1.54, 1.807) is 0 Å². The largest absolute Gasteiger partial charge is 0.351 e. The van der Waals surface area contributed by atoms with Gasteiger partial charge in [-0.05, 0) is 58.0 Å². The lowest BCUT2D eigenvalue weighted by molar-refractivity contribution is -0.194. The van der Waals surface area contributed by atoms with Gasteiger partial charge in [0.25, 0.3) is 0 Å². The molecule has 2 fully saturated rings. The van der Waals surface area contributed by atoms with E-state index < -0.39 is 5.79 Å². The summed E-state index contributed by atoms with van der Waals surface area (Å²) in [7, 11) is 4.19. The maximum absolute atomic E-state index is 12.7. The summed E-state index contributed by atoms with van der Waals surface area (Å²) in [5.74, 6) is -0.376. The molecule has 2 aliphatic rings. The van der Waals surface area contributed by atoms with Crippen molar-refractivity contribution in [1.29, 1.82) is 0 Å². The van der Waals surface area contributed by atoms with Crippen molar-refractivity contribution in [3.8, 4) is 0 Å². The predicted molar refractivity (Wildman–Crippen MR) is 107 cm³/mol. The maximum Gasteiger partial charge on any atom is 0.224 e. The topological polar surface area (TPSA) is 50.8 Å². The van der Waals surface area contributed by atoms with Crippen LogP contribution in [0.25, 0.3) is 0 Å². The third-order valence-corrected chi connectivity index (χ3v) is 6.77. The Bertz CT molecular complexity index is 676. The van der Waals surface area contributed by atoms with Crippen molar-refractivity contribution in [2.75, 3.05) is 27.3 Å². The summed E-state index contributed by atoms with van der Waals surface area (Å²) in [4.78, 5) is 14.9. The Morgan fingerprint density at radius 1 is 1.22 bits per heavy atom. The molecule has 0 radical (unpaired) electrons. The molecule has 1 saturated carbocycles. The van der Waals surface area contributed by atoms with E-state index in [0.717, 1.165) is 36.8 Å². The number of halogens is 1. The molecule has 1 amide bonds. The minimum atomic E-state index is -0.401. The first kappa shape index (κ1) is 20.6. The van der Waals surface area contributed by atoms with Gasteiger partial charge >= 0.3 is 0 Å². The maximum atomic E-state index is 12.7. The van der Waals surface area contributed by atoms with Gasteiger partial charge in [-0.25, -0.2) is 0 Å². The highest BCUT2D eigenvalue weighted by molar-refractivity contribution is 6.31. The molecule has 1 heterocycles. The Hall–Kier alpha value is -1.14. The minimum Gasteiger partial charge on any atom is -0.351 e. The van der Waals surface area contributed by atoms with E-state index in [0.29, 0.717) is 24.7 Å². The number of hydrogen-bond acceptors (Lipinski definition) is 4. The van der Waals surface area contributed by atoms with Gasteiger partial charge in [-0.3, -0.25) is 4.79 Å². The number of aryl methyl sites for hydroxylation is 1. The number of rotatable bonds is 5. The lowest BCUT2D eigenvalue weighted by Crippen LogP contribution is -2.62. The second-order valence-electron chi connectivity index (χ2n) is 8.16. The molecule has 1 atom stereocenters. The summed E-state index contributed by atoms with van der Waals surface area (Å²) >= 11 is 6.19.